The molecule has 2 aromatic rings. The second kappa shape index (κ2) is 7.78. The van der Waals surface area contributed by atoms with Gasteiger partial charge in [0.25, 0.3) is 0 Å². The van der Waals surface area contributed by atoms with Crippen molar-refractivity contribution in [3.8, 4) is 11.5 Å². The van der Waals surface area contributed by atoms with E-state index in [1.165, 1.54) is 5.56 Å². The molecule has 0 unspecified atom stereocenters. The van der Waals surface area contributed by atoms with Gasteiger partial charge >= 0.3 is 0 Å². The average Bonchev–Trinajstić information content (AvgIpc) is 3.41. The number of hydrogen-bond acceptors (Lipinski definition) is 5. The van der Waals surface area contributed by atoms with Crippen molar-refractivity contribution in [2.75, 3.05) is 14.2 Å². The first-order chi connectivity index (χ1) is 13.7. The summed E-state index contributed by atoms with van der Waals surface area (Å²) >= 11 is 0. The van der Waals surface area contributed by atoms with E-state index in [1.807, 2.05) is 24.4 Å². The van der Waals surface area contributed by atoms with E-state index in [0.717, 1.165) is 56.2 Å². The quantitative estimate of drug-likeness (QED) is 0.832. The zero-order valence-corrected chi connectivity index (χ0v) is 16.6. The van der Waals surface area contributed by atoms with Crippen LogP contribution >= 0.6 is 0 Å². The summed E-state index contributed by atoms with van der Waals surface area (Å²) in [6, 6.07) is 5.80. The molecule has 6 heteroatoms. The average molecular weight is 381 g/mol. The van der Waals surface area contributed by atoms with Crippen LogP contribution in [0.4, 0.5) is 0 Å². The van der Waals surface area contributed by atoms with Crippen LogP contribution in [0, 0.1) is 0 Å². The Hall–Kier alpha value is -2.63. The molecule has 0 radical (unpaired) electrons. The normalized spacial score (nSPS) is 17.2. The van der Waals surface area contributed by atoms with Crippen LogP contribution in [0.25, 0.3) is 0 Å². The van der Waals surface area contributed by atoms with Gasteiger partial charge < -0.3 is 14.8 Å². The minimum atomic E-state index is -0.531. The first-order valence-corrected chi connectivity index (χ1v) is 10.0. The molecule has 0 atom stereocenters. The highest BCUT2D eigenvalue weighted by Gasteiger charge is 2.43. The highest BCUT2D eigenvalue weighted by Crippen LogP contribution is 2.44. The van der Waals surface area contributed by atoms with Crippen LogP contribution in [0.3, 0.4) is 0 Å². The SMILES string of the molecule is COc1ccc(C2(C(=O)NCc3ncc4c(n3)CCC4)CCCC2)cc1OC. The van der Waals surface area contributed by atoms with Crippen molar-refractivity contribution in [2.24, 2.45) is 0 Å². The van der Waals surface area contributed by atoms with E-state index in [4.69, 9.17) is 9.47 Å². The fourth-order valence-corrected chi connectivity index (χ4v) is 4.53. The number of ether oxygens (including phenoxy) is 2. The summed E-state index contributed by atoms with van der Waals surface area (Å²) in [6.45, 7) is 0.362. The van der Waals surface area contributed by atoms with Crippen molar-refractivity contribution in [2.45, 2.75) is 56.9 Å². The standard InChI is InChI=1S/C22H27N3O3/c1-27-18-9-8-16(12-19(18)28-2)22(10-3-4-11-22)21(26)24-14-20-23-13-15-6-5-7-17(15)25-20/h8-9,12-13H,3-7,10-11,14H2,1-2H3,(H,24,26). The minimum absolute atomic E-state index is 0.0429. The number of fused-ring (bicyclic) bond motifs is 1. The number of methoxy groups -OCH3 is 2. The number of hydrogen-bond donors (Lipinski definition) is 1. The van der Waals surface area contributed by atoms with E-state index in [-0.39, 0.29) is 5.91 Å². The van der Waals surface area contributed by atoms with E-state index >= 15 is 0 Å². The number of carbonyl (C=O) groups excluding carboxylic acids is 1. The van der Waals surface area contributed by atoms with Crippen LogP contribution in [0.2, 0.25) is 0 Å². The fourth-order valence-electron chi connectivity index (χ4n) is 4.53. The molecule has 1 aromatic carbocycles. The van der Waals surface area contributed by atoms with Crippen molar-refractivity contribution < 1.29 is 14.3 Å². The Morgan fingerprint density at radius 2 is 1.89 bits per heavy atom. The van der Waals surface area contributed by atoms with Crippen molar-refractivity contribution in [1.82, 2.24) is 15.3 Å². The Morgan fingerprint density at radius 3 is 2.64 bits per heavy atom. The summed E-state index contributed by atoms with van der Waals surface area (Å²) in [4.78, 5) is 22.4. The van der Waals surface area contributed by atoms with Gasteiger partial charge in [-0.15, -0.1) is 0 Å². The van der Waals surface area contributed by atoms with Gasteiger partial charge in [-0.2, -0.15) is 0 Å². The molecule has 1 N–H and O–H groups in total. The van der Waals surface area contributed by atoms with Gasteiger partial charge in [-0.3, -0.25) is 4.79 Å². The zero-order chi connectivity index (χ0) is 19.6. The van der Waals surface area contributed by atoms with Crippen molar-refractivity contribution in [1.29, 1.82) is 0 Å². The van der Waals surface area contributed by atoms with Gasteiger partial charge in [0, 0.05) is 11.9 Å². The Kier molecular flexibility index (Phi) is 5.20. The predicted octanol–water partition coefficient (Wildman–Crippen LogP) is 3.11. The number of rotatable bonds is 6. The number of aromatic nitrogens is 2. The van der Waals surface area contributed by atoms with Gasteiger partial charge in [0.1, 0.15) is 5.82 Å². The second-order valence-corrected chi connectivity index (χ2v) is 7.65. The maximum Gasteiger partial charge on any atom is 0.231 e. The minimum Gasteiger partial charge on any atom is -0.493 e. The number of benzene rings is 1. The molecule has 0 aliphatic heterocycles. The molecule has 4 rings (SSSR count). The first kappa shape index (κ1) is 18.7. The molecule has 2 aliphatic rings. The third kappa shape index (κ3) is 3.32. The van der Waals surface area contributed by atoms with Gasteiger partial charge in [-0.1, -0.05) is 18.9 Å². The molecular formula is C22H27N3O3. The van der Waals surface area contributed by atoms with E-state index in [1.54, 1.807) is 14.2 Å². The molecule has 148 valence electrons. The smallest absolute Gasteiger partial charge is 0.231 e. The summed E-state index contributed by atoms with van der Waals surface area (Å²) in [7, 11) is 3.24. The lowest BCUT2D eigenvalue weighted by molar-refractivity contribution is -0.126. The number of nitrogens with one attached hydrogen (secondary N) is 1. The van der Waals surface area contributed by atoms with E-state index in [2.05, 4.69) is 15.3 Å². The summed E-state index contributed by atoms with van der Waals surface area (Å²) < 4.78 is 10.8. The lowest BCUT2D eigenvalue weighted by atomic mass is 9.77. The topological polar surface area (TPSA) is 73.3 Å². The van der Waals surface area contributed by atoms with E-state index < -0.39 is 5.41 Å². The van der Waals surface area contributed by atoms with Crippen LogP contribution in [-0.2, 0) is 29.6 Å². The molecule has 28 heavy (non-hydrogen) atoms. The lowest BCUT2D eigenvalue weighted by Crippen LogP contribution is -2.42. The molecule has 0 bridgehead atoms. The van der Waals surface area contributed by atoms with Crippen LogP contribution in [0.1, 0.15) is 54.7 Å². The molecule has 0 saturated heterocycles. The van der Waals surface area contributed by atoms with Crippen molar-refractivity contribution >= 4 is 5.91 Å². The van der Waals surface area contributed by atoms with Gasteiger partial charge in [-0.05, 0) is 55.4 Å². The third-order valence-corrected chi connectivity index (χ3v) is 6.10. The molecule has 2 aliphatic carbocycles. The van der Waals surface area contributed by atoms with Crippen LogP contribution < -0.4 is 14.8 Å². The maximum atomic E-state index is 13.3. The molecule has 1 fully saturated rings. The monoisotopic (exact) mass is 381 g/mol. The molecule has 1 aromatic heterocycles. The van der Waals surface area contributed by atoms with Gasteiger partial charge in [0.05, 0.1) is 26.2 Å². The van der Waals surface area contributed by atoms with Crippen LogP contribution in [0.15, 0.2) is 24.4 Å². The summed E-state index contributed by atoms with van der Waals surface area (Å²) in [6.07, 6.45) is 8.87. The van der Waals surface area contributed by atoms with Crippen molar-refractivity contribution in [3.05, 3.63) is 47.0 Å². The van der Waals surface area contributed by atoms with Crippen LogP contribution in [0.5, 0.6) is 11.5 Å². The summed E-state index contributed by atoms with van der Waals surface area (Å²) in [5, 5.41) is 3.10. The molecule has 6 nitrogen and oxygen atoms in total. The fraction of sp³-hybridized carbons (Fsp3) is 0.500. The van der Waals surface area contributed by atoms with Crippen LogP contribution in [-0.4, -0.2) is 30.1 Å². The highest BCUT2D eigenvalue weighted by molar-refractivity contribution is 5.88. The Balaban J connectivity index is 1.54. The number of nitrogens with zero attached hydrogens (tertiary/aromatic N) is 2. The number of amides is 1. The molecule has 0 spiro atoms. The third-order valence-electron chi connectivity index (χ3n) is 6.10. The molecule has 1 saturated carbocycles. The number of carbonyl (C=O) groups is 1. The van der Waals surface area contributed by atoms with E-state index in [0.29, 0.717) is 23.9 Å². The number of aryl methyl sites for hydroxylation is 2. The Labute approximate surface area is 165 Å². The van der Waals surface area contributed by atoms with E-state index in [9.17, 15) is 4.79 Å². The van der Waals surface area contributed by atoms with Crippen molar-refractivity contribution in [3.63, 3.8) is 0 Å². The molecule has 1 heterocycles. The Morgan fingerprint density at radius 1 is 1.11 bits per heavy atom. The predicted molar refractivity (Wildman–Crippen MR) is 106 cm³/mol. The Bertz CT molecular complexity index is 875. The lowest BCUT2D eigenvalue weighted by Gasteiger charge is -2.29. The first-order valence-electron chi connectivity index (χ1n) is 10.0. The van der Waals surface area contributed by atoms with Gasteiger partial charge in [0.2, 0.25) is 5.91 Å². The van der Waals surface area contributed by atoms with Gasteiger partial charge in [0.15, 0.2) is 11.5 Å². The second-order valence-electron chi connectivity index (χ2n) is 7.65. The van der Waals surface area contributed by atoms with Gasteiger partial charge in [-0.25, -0.2) is 9.97 Å². The highest BCUT2D eigenvalue weighted by atomic mass is 16.5. The molecular weight excluding hydrogens is 354 g/mol. The zero-order valence-electron chi connectivity index (χ0n) is 16.6. The summed E-state index contributed by atoms with van der Waals surface area (Å²) in [5.74, 6) is 2.06. The largest absolute Gasteiger partial charge is 0.493 e. The summed E-state index contributed by atoms with van der Waals surface area (Å²) in [5.41, 5.74) is 2.83. The molecule has 1 amide bonds. The maximum absolute atomic E-state index is 13.3.